The van der Waals surface area contributed by atoms with Crippen LogP contribution in [0.5, 0.6) is 5.75 Å². The van der Waals surface area contributed by atoms with E-state index in [0.717, 1.165) is 5.56 Å². The first-order valence-corrected chi connectivity index (χ1v) is 8.44. The summed E-state index contributed by atoms with van der Waals surface area (Å²) < 4.78 is 5.49. The van der Waals surface area contributed by atoms with Crippen molar-refractivity contribution in [2.75, 3.05) is 6.61 Å². The topological polar surface area (TPSA) is 73.1 Å². The van der Waals surface area contributed by atoms with Crippen LogP contribution in [0.2, 0.25) is 15.1 Å². The van der Waals surface area contributed by atoms with Gasteiger partial charge >= 0.3 is 0 Å². The van der Waals surface area contributed by atoms with Gasteiger partial charge in [-0.1, -0.05) is 46.9 Å². The minimum Gasteiger partial charge on any atom is -0.489 e. The molecule has 0 saturated carbocycles. The van der Waals surface area contributed by atoms with Gasteiger partial charge in [0.2, 0.25) is 5.82 Å². The van der Waals surface area contributed by atoms with E-state index in [1.807, 2.05) is 6.07 Å². The van der Waals surface area contributed by atoms with Crippen molar-refractivity contribution in [3.8, 4) is 17.1 Å². The van der Waals surface area contributed by atoms with Gasteiger partial charge in [0.1, 0.15) is 18.5 Å². The molecule has 0 unspecified atom stereocenters. The van der Waals surface area contributed by atoms with Gasteiger partial charge < -0.3 is 9.84 Å². The molecule has 1 heterocycles. The van der Waals surface area contributed by atoms with Gasteiger partial charge in [-0.15, -0.1) is 10.2 Å². The maximum absolute atomic E-state index is 10.1. The molecule has 25 heavy (non-hydrogen) atoms. The van der Waals surface area contributed by atoms with Crippen LogP contribution in [0.4, 0.5) is 0 Å². The summed E-state index contributed by atoms with van der Waals surface area (Å²) in [7, 11) is 0. The fraction of sp³-hybridized carbons (Fsp3) is 0.188. The van der Waals surface area contributed by atoms with E-state index in [0.29, 0.717) is 26.6 Å². The number of nitrogens with zero attached hydrogens (tertiary/aromatic N) is 4. The van der Waals surface area contributed by atoms with Crippen LogP contribution in [0.15, 0.2) is 42.5 Å². The minimum atomic E-state index is -0.840. The highest BCUT2D eigenvalue weighted by atomic mass is 35.5. The molecule has 0 spiro atoms. The van der Waals surface area contributed by atoms with Gasteiger partial charge in [0.05, 0.1) is 11.6 Å². The average Bonchev–Trinajstić information content (AvgIpc) is 3.02. The Morgan fingerprint density at radius 1 is 1.08 bits per heavy atom. The number of hydrogen-bond acceptors (Lipinski definition) is 5. The summed E-state index contributed by atoms with van der Waals surface area (Å²) in [5, 5.41) is 23.7. The summed E-state index contributed by atoms with van der Waals surface area (Å²) in [5.41, 5.74) is 0.748. The number of hydrogen-bond donors (Lipinski definition) is 1. The Balaban J connectivity index is 1.59. The van der Waals surface area contributed by atoms with E-state index < -0.39 is 6.10 Å². The molecule has 1 N–H and O–H groups in total. The largest absolute Gasteiger partial charge is 0.489 e. The highest BCUT2D eigenvalue weighted by Gasteiger charge is 2.12. The monoisotopic (exact) mass is 398 g/mol. The Morgan fingerprint density at radius 3 is 2.64 bits per heavy atom. The normalized spacial score (nSPS) is 12.2. The molecule has 6 nitrogen and oxygen atoms in total. The van der Waals surface area contributed by atoms with Crippen LogP contribution in [-0.4, -0.2) is 38.0 Å². The van der Waals surface area contributed by atoms with Crippen molar-refractivity contribution in [1.82, 2.24) is 20.2 Å². The van der Waals surface area contributed by atoms with E-state index >= 15 is 0 Å². The van der Waals surface area contributed by atoms with Gasteiger partial charge in [0, 0.05) is 15.6 Å². The zero-order valence-electron chi connectivity index (χ0n) is 12.8. The molecule has 1 aromatic heterocycles. The molecule has 0 saturated heterocycles. The van der Waals surface area contributed by atoms with E-state index in [-0.39, 0.29) is 13.2 Å². The first kappa shape index (κ1) is 17.9. The summed E-state index contributed by atoms with van der Waals surface area (Å²) in [4.78, 5) is 1.30. The van der Waals surface area contributed by atoms with Crippen molar-refractivity contribution in [3.05, 3.63) is 57.5 Å². The second kappa shape index (κ2) is 8.01. The fourth-order valence-electron chi connectivity index (χ4n) is 2.08. The summed E-state index contributed by atoms with van der Waals surface area (Å²) in [6.45, 7) is 0.147. The molecule has 0 aliphatic heterocycles. The molecule has 2 aromatic carbocycles. The quantitative estimate of drug-likeness (QED) is 0.683. The van der Waals surface area contributed by atoms with Crippen molar-refractivity contribution < 1.29 is 9.84 Å². The molecule has 0 aliphatic rings. The third-order valence-electron chi connectivity index (χ3n) is 3.23. The molecule has 130 valence electrons. The molecule has 0 aliphatic carbocycles. The van der Waals surface area contributed by atoms with Gasteiger partial charge in [-0.25, -0.2) is 0 Å². The van der Waals surface area contributed by atoms with Gasteiger partial charge in [-0.2, -0.15) is 4.80 Å². The molecule has 3 aromatic rings. The summed E-state index contributed by atoms with van der Waals surface area (Å²) >= 11 is 17.8. The summed E-state index contributed by atoms with van der Waals surface area (Å²) in [6, 6.07) is 12.0. The molecule has 1 atom stereocenters. The molecular weight excluding hydrogens is 387 g/mol. The third kappa shape index (κ3) is 4.83. The molecule has 0 radical (unpaired) electrons. The first-order chi connectivity index (χ1) is 12.0. The highest BCUT2D eigenvalue weighted by Crippen LogP contribution is 2.27. The van der Waals surface area contributed by atoms with Crippen LogP contribution in [0.1, 0.15) is 0 Å². The van der Waals surface area contributed by atoms with Crippen LogP contribution < -0.4 is 4.74 Å². The summed E-state index contributed by atoms with van der Waals surface area (Å²) in [6.07, 6.45) is -0.840. The van der Waals surface area contributed by atoms with Gasteiger partial charge in [-0.3, -0.25) is 0 Å². The van der Waals surface area contributed by atoms with Gasteiger partial charge in [0.25, 0.3) is 0 Å². The van der Waals surface area contributed by atoms with Crippen molar-refractivity contribution in [2.24, 2.45) is 0 Å². The van der Waals surface area contributed by atoms with Crippen LogP contribution in [0.25, 0.3) is 11.4 Å². The standard InChI is InChI=1S/C16H13Cl3N4O2/c17-11-3-1-2-10(6-11)16-20-22-23(21-16)8-13(24)9-25-15-5-4-12(18)7-14(15)19/h1-7,13,24H,8-9H2/t13-/m1/s1. The fourth-order valence-corrected chi connectivity index (χ4v) is 2.74. The van der Waals surface area contributed by atoms with E-state index in [1.165, 1.54) is 4.80 Å². The first-order valence-electron chi connectivity index (χ1n) is 7.31. The Bertz CT molecular complexity index is 872. The lowest BCUT2D eigenvalue weighted by Gasteiger charge is -2.12. The zero-order valence-corrected chi connectivity index (χ0v) is 15.1. The Morgan fingerprint density at radius 2 is 1.88 bits per heavy atom. The maximum Gasteiger partial charge on any atom is 0.204 e. The smallest absolute Gasteiger partial charge is 0.204 e. The number of aliphatic hydroxyl groups is 1. The van der Waals surface area contributed by atoms with Crippen molar-refractivity contribution in [1.29, 1.82) is 0 Å². The van der Waals surface area contributed by atoms with Crippen LogP contribution in [-0.2, 0) is 6.54 Å². The Hall–Kier alpha value is -1.86. The van der Waals surface area contributed by atoms with Crippen molar-refractivity contribution in [2.45, 2.75) is 12.6 Å². The van der Waals surface area contributed by atoms with Crippen LogP contribution >= 0.6 is 34.8 Å². The maximum atomic E-state index is 10.1. The number of rotatable bonds is 6. The minimum absolute atomic E-state index is 0.0232. The second-order valence-electron chi connectivity index (χ2n) is 5.22. The predicted molar refractivity (Wildman–Crippen MR) is 96.2 cm³/mol. The number of ether oxygens (including phenoxy) is 1. The van der Waals surface area contributed by atoms with E-state index in [4.69, 9.17) is 39.5 Å². The van der Waals surface area contributed by atoms with Crippen molar-refractivity contribution >= 4 is 34.8 Å². The number of aromatic nitrogens is 4. The number of halogens is 3. The number of aliphatic hydroxyl groups excluding tert-OH is 1. The van der Waals surface area contributed by atoms with Gasteiger partial charge in [0.15, 0.2) is 0 Å². The Labute approximate surface area is 158 Å². The van der Waals surface area contributed by atoms with Gasteiger partial charge in [-0.05, 0) is 35.5 Å². The van der Waals surface area contributed by atoms with E-state index in [9.17, 15) is 5.11 Å². The van der Waals surface area contributed by atoms with E-state index in [2.05, 4.69) is 15.4 Å². The molecular formula is C16H13Cl3N4O2. The lowest BCUT2D eigenvalue weighted by atomic mass is 10.2. The summed E-state index contributed by atoms with van der Waals surface area (Å²) in [5.74, 6) is 0.868. The van der Waals surface area contributed by atoms with Crippen molar-refractivity contribution in [3.63, 3.8) is 0 Å². The molecule has 0 bridgehead atoms. The zero-order chi connectivity index (χ0) is 17.8. The second-order valence-corrected chi connectivity index (χ2v) is 6.50. The molecule has 0 amide bonds. The molecule has 3 rings (SSSR count). The lowest BCUT2D eigenvalue weighted by molar-refractivity contribution is 0.0850. The lowest BCUT2D eigenvalue weighted by Crippen LogP contribution is -2.25. The van der Waals surface area contributed by atoms with E-state index in [1.54, 1.807) is 36.4 Å². The third-order valence-corrected chi connectivity index (χ3v) is 4.00. The average molecular weight is 400 g/mol. The molecule has 0 fully saturated rings. The predicted octanol–water partition coefficient (Wildman–Crippen LogP) is 3.74. The Kier molecular flexibility index (Phi) is 5.75. The van der Waals surface area contributed by atoms with Crippen LogP contribution in [0, 0.1) is 0 Å². The SMILES string of the molecule is O[C@@H](COc1ccc(Cl)cc1Cl)Cn1nnc(-c2cccc(Cl)c2)n1. The van der Waals surface area contributed by atoms with Crippen LogP contribution in [0.3, 0.4) is 0 Å². The number of tetrazole rings is 1. The number of benzene rings is 2. The molecule has 9 heteroatoms. The highest BCUT2D eigenvalue weighted by molar-refractivity contribution is 6.35.